The highest BCUT2D eigenvalue weighted by molar-refractivity contribution is 5.92. The van der Waals surface area contributed by atoms with E-state index in [0.717, 1.165) is 42.2 Å². The van der Waals surface area contributed by atoms with Gasteiger partial charge in [0.15, 0.2) is 6.29 Å². The second-order valence-corrected chi connectivity index (χ2v) is 5.58. The minimum absolute atomic E-state index is 0.112. The Hall–Kier alpha value is -2.05. The van der Waals surface area contributed by atoms with E-state index in [0.29, 0.717) is 19.0 Å². The van der Waals surface area contributed by atoms with Crippen LogP contribution in [0.15, 0.2) is 29.1 Å². The number of amides is 1. The van der Waals surface area contributed by atoms with Gasteiger partial charge >= 0.3 is 0 Å². The van der Waals surface area contributed by atoms with Crippen molar-refractivity contribution in [2.24, 2.45) is 5.73 Å². The van der Waals surface area contributed by atoms with E-state index < -0.39 is 0 Å². The van der Waals surface area contributed by atoms with E-state index in [9.17, 15) is 4.79 Å². The van der Waals surface area contributed by atoms with Crippen molar-refractivity contribution in [1.29, 1.82) is 0 Å². The number of carbonyl (C=O) groups is 1. The van der Waals surface area contributed by atoms with Gasteiger partial charge in [-0.1, -0.05) is 6.07 Å². The van der Waals surface area contributed by atoms with E-state index in [-0.39, 0.29) is 18.6 Å². The number of primary amides is 1. The van der Waals surface area contributed by atoms with Crippen molar-refractivity contribution >= 4 is 16.7 Å². The minimum atomic E-state index is -0.373. The third kappa shape index (κ3) is 4.03. The molecule has 0 saturated carbocycles. The van der Waals surface area contributed by atoms with Crippen LogP contribution in [0.3, 0.4) is 0 Å². The molecule has 1 atom stereocenters. The average molecular weight is 319 g/mol. The van der Waals surface area contributed by atoms with Crippen LogP contribution < -0.4 is 10.5 Å². The van der Waals surface area contributed by atoms with Crippen molar-refractivity contribution in [2.45, 2.75) is 32.0 Å². The molecule has 2 aromatic rings. The molecule has 0 aliphatic carbocycles. The second-order valence-electron chi connectivity index (χ2n) is 5.58. The van der Waals surface area contributed by atoms with Crippen molar-refractivity contribution in [1.82, 2.24) is 0 Å². The number of hydrogen-bond acceptors (Lipinski definition) is 5. The normalized spacial score (nSPS) is 18.2. The quantitative estimate of drug-likeness (QED) is 0.792. The summed E-state index contributed by atoms with van der Waals surface area (Å²) in [5, 5.41) is 1.68. The molecule has 6 nitrogen and oxygen atoms in total. The first-order valence-electron chi connectivity index (χ1n) is 7.86. The molecular weight excluding hydrogens is 298 g/mol. The van der Waals surface area contributed by atoms with E-state index in [1.807, 2.05) is 12.1 Å². The molecule has 0 bridgehead atoms. The molecule has 3 rings (SSSR count). The highest BCUT2D eigenvalue weighted by Crippen LogP contribution is 2.30. The Morgan fingerprint density at radius 3 is 2.87 bits per heavy atom. The first kappa shape index (κ1) is 15.8. The van der Waals surface area contributed by atoms with Crippen molar-refractivity contribution in [3.8, 4) is 5.75 Å². The highest BCUT2D eigenvalue weighted by atomic mass is 16.7. The van der Waals surface area contributed by atoms with Crippen molar-refractivity contribution in [3.63, 3.8) is 0 Å². The smallest absolute Gasteiger partial charge is 0.221 e. The molecule has 1 aliphatic rings. The number of fused-ring (bicyclic) bond motifs is 1. The zero-order valence-electron chi connectivity index (χ0n) is 13.0. The van der Waals surface area contributed by atoms with Gasteiger partial charge in [0.1, 0.15) is 18.6 Å². The Balaban J connectivity index is 1.57. The SMILES string of the molecule is NC(=O)Cc1ccc(OCCOC2CCCCO2)c2cocc12. The fraction of sp³-hybridized carbons (Fsp3) is 0.471. The fourth-order valence-corrected chi connectivity index (χ4v) is 2.73. The maximum absolute atomic E-state index is 11.1. The molecule has 2 N–H and O–H groups in total. The summed E-state index contributed by atoms with van der Waals surface area (Å²) in [7, 11) is 0. The van der Waals surface area contributed by atoms with Gasteiger partial charge < -0.3 is 24.4 Å². The molecule has 1 amide bonds. The molecule has 0 radical (unpaired) electrons. The molecule has 1 saturated heterocycles. The van der Waals surface area contributed by atoms with Crippen molar-refractivity contribution in [2.75, 3.05) is 19.8 Å². The lowest BCUT2D eigenvalue weighted by molar-refractivity contribution is -0.165. The van der Waals surface area contributed by atoms with E-state index in [2.05, 4.69) is 0 Å². The van der Waals surface area contributed by atoms with Crippen LogP contribution in [0.25, 0.3) is 10.8 Å². The molecule has 124 valence electrons. The number of nitrogens with two attached hydrogens (primary N) is 1. The van der Waals surface area contributed by atoms with Crippen LogP contribution in [0.2, 0.25) is 0 Å². The summed E-state index contributed by atoms with van der Waals surface area (Å²) < 4.78 is 22.2. The molecule has 1 aromatic heterocycles. The van der Waals surface area contributed by atoms with E-state index in [1.165, 1.54) is 0 Å². The Morgan fingerprint density at radius 2 is 2.09 bits per heavy atom. The number of ether oxygens (including phenoxy) is 3. The Morgan fingerprint density at radius 1 is 1.22 bits per heavy atom. The summed E-state index contributed by atoms with van der Waals surface area (Å²) in [5.41, 5.74) is 6.10. The number of benzene rings is 1. The van der Waals surface area contributed by atoms with Gasteiger partial charge in [0.25, 0.3) is 0 Å². The highest BCUT2D eigenvalue weighted by Gasteiger charge is 2.14. The molecule has 1 fully saturated rings. The predicted molar refractivity (Wildman–Crippen MR) is 84.2 cm³/mol. The topological polar surface area (TPSA) is 83.9 Å². The molecule has 1 aliphatic heterocycles. The Labute approximate surface area is 134 Å². The van der Waals surface area contributed by atoms with Crippen LogP contribution in [0, 0.1) is 0 Å². The molecule has 6 heteroatoms. The number of rotatable bonds is 7. The Bertz CT molecular complexity index is 660. The second kappa shape index (κ2) is 7.48. The molecule has 0 spiro atoms. The van der Waals surface area contributed by atoms with Gasteiger partial charge in [-0.2, -0.15) is 0 Å². The summed E-state index contributed by atoms with van der Waals surface area (Å²) in [6.45, 7) is 1.66. The largest absolute Gasteiger partial charge is 0.490 e. The van der Waals surface area contributed by atoms with Crippen molar-refractivity contribution < 1.29 is 23.4 Å². The maximum Gasteiger partial charge on any atom is 0.221 e. The minimum Gasteiger partial charge on any atom is -0.490 e. The molecular formula is C17H21NO5. The standard InChI is InChI=1S/C17H21NO5/c18-16(19)9-12-4-5-15(14-11-20-10-13(12)14)21-7-8-23-17-3-1-2-6-22-17/h4-5,10-11,17H,1-3,6-9H2,(H2,18,19). The Kier molecular flexibility index (Phi) is 5.15. The van der Waals surface area contributed by atoms with Crippen LogP contribution in [0.1, 0.15) is 24.8 Å². The first-order chi connectivity index (χ1) is 11.2. The summed E-state index contributed by atoms with van der Waals surface area (Å²) in [6, 6.07) is 3.66. The number of furan rings is 1. The van der Waals surface area contributed by atoms with Crippen LogP contribution in [0.4, 0.5) is 0 Å². The van der Waals surface area contributed by atoms with Gasteiger partial charge in [0.05, 0.1) is 24.7 Å². The zero-order chi connectivity index (χ0) is 16.1. The monoisotopic (exact) mass is 319 g/mol. The predicted octanol–water partition coefficient (Wildman–Crippen LogP) is 2.38. The fourth-order valence-electron chi connectivity index (χ4n) is 2.73. The van der Waals surface area contributed by atoms with Gasteiger partial charge in [-0.3, -0.25) is 4.79 Å². The lowest BCUT2D eigenvalue weighted by Gasteiger charge is -2.22. The van der Waals surface area contributed by atoms with Gasteiger partial charge in [-0.15, -0.1) is 0 Å². The van der Waals surface area contributed by atoms with E-state index in [1.54, 1.807) is 12.5 Å². The van der Waals surface area contributed by atoms with Crippen LogP contribution in [-0.2, 0) is 20.7 Å². The summed E-state index contributed by atoms with van der Waals surface area (Å²) in [4.78, 5) is 11.1. The third-order valence-corrected chi connectivity index (χ3v) is 3.86. The van der Waals surface area contributed by atoms with Gasteiger partial charge in [-0.25, -0.2) is 0 Å². The van der Waals surface area contributed by atoms with Gasteiger partial charge in [0, 0.05) is 12.0 Å². The zero-order valence-corrected chi connectivity index (χ0v) is 13.0. The summed E-state index contributed by atoms with van der Waals surface area (Å²) in [5.74, 6) is 0.331. The van der Waals surface area contributed by atoms with Crippen LogP contribution >= 0.6 is 0 Å². The van der Waals surface area contributed by atoms with Crippen molar-refractivity contribution in [3.05, 3.63) is 30.2 Å². The average Bonchev–Trinajstić information content (AvgIpc) is 3.04. The lowest BCUT2D eigenvalue weighted by atomic mass is 10.1. The van der Waals surface area contributed by atoms with Crippen LogP contribution in [-0.4, -0.2) is 32.0 Å². The van der Waals surface area contributed by atoms with Gasteiger partial charge in [-0.05, 0) is 30.9 Å². The van der Waals surface area contributed by atoms with E-state index >= 15 is 0 Å². The summed E-state index contributed by atoms with van der Waals surface area (Å²) in [6.07, 6.45) is 6.47. The molecule has 23 heavy (non-hydrogen) atoms. The molecule has 1 aromatic carbocycles. The van der Waals surface area contributed by atoms with Crippen LogP contribution in [0.5, 0.6) is 5.75 Å². The lowest BCUT2D eigenvalue weighted by Crippen LogP contribution is -2.24. The summed E-state index contributed by atoms with van der Waals surface area (Å²) >= 11 is 0. The number of hydrogen-bond donors (Lipinski definition) is 1. The van der Waals surface area contributed by atoms with Gasteiger partial charge in [0.2, 0.25) is 5.91 Å². The maximum atomic E-state index is 11.1. The van der Waals surface area contributed by atoms with E-state index in [4.69, 9.17) is 24.4 Å². The first-order valence-corrected chi connectivity index (χ1v) is 7.86. The number of carbonyl (C=O) groups excluding carboxylic acids is 1. The third-order valence-electron chi connectivity index (χ3n) is 3.86. The molecule has 1 unspecified atom stereocenters. The molecule has 2 heterocycles.